The van der Waals surface area contributed by atoms with Crippen LogP contribution in [0.2, 0.25) is 0 Å². The molecular formula is C17H18BrNO. The molecule has 1 aliphatic carbocycles. The number of rotatable bonds is 2. The molecule has 0 saturated heterocycles. The van der Waals surface area contributed by atoms with Crippen LogP contribution < -0.4 is 5.32 Å². The van der Waals surface area contributed by atoms with Crippen molar-refractivity contribution in [2.24, 2.45) is 0 Å². The van der Waals surface area contributed by atoms with Crippen molar-refractivity contribution in [2.45, 2.75) is 32.2 Å². The van der Waals surface area contributed by atoms with Gasteiger partial charge in [0, 0.05) is 10.2 Å². The van der Waals surface area contributed by atoms with Gasteiger partial charge < -0.3 is 10.4 Å². The number of benzene rings is 2. The standard InChI is InChI=1S/C17H18BrNO/c1-11-7-13(18)10-14(8-11)19-17-4-2-3-12-9-15(20)5-6-16(12)17/h5-10,17,19-20H,2-4H2,1H3. The lowest BCUT2D eigenvalue weighted by Crippen LogP contribution is -2.17. The number of nitrogens with one attached hydrogen (secondary N) is 1. The quantitative estimate of drug-likeness (QED) is 0.815. The fourth-order valence-electron chi connectivity index (χ4n) is 2.97. The molecular weight excluding hydrogens is 314 g/mol. The normalized spacial score (nSPS) is 17.6. The Balaban J connectivity index is 1.89. The summed E-state index contributed by atoms with van der Waals surface area (Å²) in [5.41, 5.74) is 4.96. The Morgan fingerprint density at radius 2 is 2.05 bits per heavy atom. The van der Waals surface area contributed by atoms with Crippen LogP contribution in [-0.2, 0) is 6.42 Å². The van der Waals surface area contributed by atoms with Crippen molar-refractivity contribution in [3.05, 3.63) is 57.6 Å². The van der Waals surface area contributed by atoms with Crippen molar-refractivity contribution in [1.29, 1.82) is 0 Å². The smallest absolute Gasteiger partial charge is 0.115 e. The molecule has 3 rings (SSSR count). The minimum Gasteiger partial charge on any atom is -0.508 e. The van der Waals surface area contributed by atoms with Gasteiger partial charge in [-0.3, -0.25) is 0 Å². The Bertz CT molecular complexity index is 619. The SMILES string of the molecule is Cc1cc(Br)cc(NC2CCCc3cc(O)ccc32)c1. The van der Waals surface area contributed by atoms with E-state index >= 15 is 0 Å². The van der Waals surface area contributed by atoms with Gasteiger partial charge in [-0.25, -0.2) is 0 Å². The Kier molecular flexibility index (Phi) is 3.70. The van der Waals surface area contributed by atoms with Crippen molar-refractivity contribution in [3.8, 4) is 5.75 Å². The average molecular weight is 332 g/mol. The molecule has 1 atom stereocenters. The Morgan fingerprint density at radius 1 is 1.20 bits per heavy atom. The first-order valence-electron chi connectivity index (χ1n) is 6.97. The Hall–Kier alpha value is -1.48. The summed E-state index contributed by atoms with van der Waals surface area (Å²) in [5.74, 6) is 0.364. The number of aryl methyl sites for hydroxylation is 2. The molecule has 104 valence electrons. The molecule has 2 aromatic rings. The fraction of sp³-hybridized carbons (Fsp3) is 0.294. The van der Waals surface area contributed by atoms with Crippen LogP contribution in [0, 0.1) is 6.92 Å². The predicted molar refractivity (Wildman–Crippen MR) is 86.3 cm³/mol. The molecule has 3 heteroatoms. The van der Waals surface area contributed by atoms with Crippen molar-refractivity contribution < 1.29 is 5.11 Å². The van der Waals surface area contributed by atoms with Crippen LogP contribution in [0.1, 0.15) is 35.6 Å². The summed E-state index contributed by atoms with van der Waals surface area (Å²) >= 11 is 3.55. The third-order valence-corrected chi connectivity index (χ3v) is 4.28. The zero-order valence-corrected chi connectivity index (χ0v) is 13.1. The summed E-state index contributed by atoms with van der Waals surface area (Å²) in [6, 6.07) is 12.4. The highest BCUT2D eigenvalue weighted by molar-refractivity contribution is 9.10. The number of aromatic hydroxyl groups is 1. The number of fused-ring (bicyclic) bond motifs is 1. The van der Waals surface area contributed by atoms with Crippen LogP contribution in [0.5, 0.6) is 5.75 Å². The van der Waals surface area contributed by atoms with E-state index in [0.717, 1.165) is 29.4 Å². The molecule has 0 saturated carbocycles. The lowest BCUT2D eigenvalue weighted by Gasteiger charge is -2.27. The summed E-state index contributed by atoms with van der Waals surface area (Å²) in [6.45, 7) is 2.10. The molecule has 2 aromatic carbocycles. The maximum Gasteiger partial charge on any atom is 0.115 e. The van der Waals surface area contributed by atoms with Gasteiger partial charge in [0.15, 0.2) is 0 Å². The highest BCUT2D eigenvalue weighted by Gasteiger charge is 2.20. The molecule has 2 N–H and O–H groups in total. The highest BCUT2D eigenvalue weighted by atomic mass is 79.9. The Morgan fingerprint density at radius 3 is 2.85 bits per heavy atom. The lowest BCUT2D eigenvalue weighted by molar-refractivity contribution is 0.472. The number of anilines is 1. The van der Waals surface area contributed by atoms with E-state index in [9.17, 15) is 5.11 Å². The predicted octanol–water partition coefficient (Wildman–Crippen LogP) is 4.95. The molecule has 0 aromatic heterocycles. The molecule has 0 spiro atoms. The van der Waals surface area contributed by atoms with Gasteiger partial charge in [-0.05, 0) is 73.2 Å². The van der Waals surface area contributed by atoms with Gasteiger partial charge in [-0.15, -0.1) is 0 Å². The average Bonchev–Trinajstić information content (AvgIpc) is 2.37. The van der Waals surface area contributed by atoms with Crippen molar-refractivity contribution in [3.63, 3.8) is 0 Å². The molecule has 0 heterocycles. The van der Waals surface area contributed by atoms with Crippen molar-refractivity contribution in [2.75, 3.05) is 5.32 Å². The van der Waals surface area contributed by atoms with Gasteiger partial charge >= 0.3 is 0 Å². The van der Waals surface area contributed by atoms with Crippen LogP contribution in [-0.4, -0.2) is 5.11 Å². The van der Waals surface area contributed by atoms with E-state index in [1.54, 1.807) is 6.07 Å². The molecule has 0 aliphatic heterocycles. The largest absolute Gasteiger partial charge is 0.508 e. The van der Waals surface area contributed by atoms with E-state index in [-0.39, 0.29) is 0 Å². The van der Waals surface area contributed by atoms with E-state index in [1.165, 1.54) is 16.7 Å². The zero-order chi connectivity index (χ0) is 14.1. The van der Waals surface area contributed by atoms with Gasteiger partial charge in [0.25, 0.3) is 0 Å². The second-order valence-electron chi connectivity index (χ2n) is 5.49. The lowest BCUT2D eigenvalue weighted by atomic mass is 9.87. The van der Waals surface area contributed by atoms with Gasteiger partial charge in [-0.2, -0.15) is 0 Å². The molecule has 2 nitrogen and oxygen atoms in total. The second kappa shape index (κ2) is 5.49. The zero-order valence-electron chi connectivity index (χ0n) is 11.5. The molecule has 1 aliphatic rings. The van der Waals surface area contributed by atoms with Crippen LogP contribution in [0.15, 0.2) is 40.9 Å². The van der Waals surface area contributed by atoms with Crippen LogP contribution >= 0.6 is 15.9 Å². The highest BCUT2D eigenvalue weighted by Crippen LogP contribution is 2.34. The molecule has 0 bridgehead atoms. The summed E-state index contributed by atoms with van der Waals surface area (Å²) in [5, 5.41) is 13.2. The first-order chi connectivity index (χ1) is 9.61. The number of hydrogen-bond donors (Lipinski definition) is 2. The summed E-state index contributed by atoms with van der Waals surface area (Å²) in [4.78, 5) is 0. The van der Waals surface area contributed by atoms with Crippen molar-refractivity contribution >= 4 is 21.6 Å². The molecule has 1 unspecified atom stereocenters. The molecule has 20 heavy (non-hydrogen) atoms. The van der Waals surface area contributed by atoms with E-state index in [1.807, 2.05) is 12.1 Å². The third kappa shape index (κ3) is 2.83. The maximum absolute atomic E-state index is 9.61. The first-order valence-corrected chi connectivity index (χ1v) is 7.76. The molecule has 0 amide bonds. The van der Waals surface area contributed by atoms with E-state index in [0.29, 0.717) is 11.8 Å². The fourth-order valence-corrected chi connectivity index (χ4v) is 3.58. The molecule has 0 fully saturated rings. The van der Waals surface area contributed by atoms with Gasteiger partial charge in [-0.1, -0.05) is 22.0 Å². The van der Waals surface area contributed by atoms with E-state index < -0.39 is 0 Å². The first kappa shape index (κ1) is 13.5. The minimum atomic E-state index is 0.327. The van der Waals surface area contributed by atoms with Gasteiger partial charge in [0.1, 0.15) is 5.75 Å². The van der Waals surface area contributed by atoms with Crippen LogP contribution in [0.4, 0.5) is 5.69 Å². The second-order valence-corrected chi connectivity index (χ2v) is 6.41. The summed E-state index contributed by atoms with van der Waals surface area (Å²) in [6.07, 6.45) is 3.34. The number of phenolic OH excluding ortho intramolecular Hbond substituents is 1. The van der Waals surface area contributed by atoms with E-state index in [2.05, 4.69) is 46.4 Å². The third-order valence-electron chi connectivity index (χ3n) is 3.82. The number of halogens is 1. The summed E-state index contributed by atoms with van der Waals surface area (Å²) < 4.78 is 1.10. The Labute approximate surface area is 128 Å². The monoisotopic (exact) mass is 331 g/mol. The summed E-state index contributed by atoms with van der Waals surface area (Å²) in [7, 11) is 0. The van der Waals surface area contributed by atoms with Crippen LogP contribution in [0.25, 0.3) is 0 Å². The number of phenols is 1. The van der Waals surface area contributed by atoms with Gasteiger partial charge in [0.2, 0.25) is 0 Å². The molecule has 0 radical (unpaired) electrons. The van der Waals surface area contributed by atoms with Crippen molar-refractivity contribution in [1.82, 2.24) is 0 Å². The topological polar surface area (TPSA) is 32.3 Å². The van der Waals surface area contributed by atoms with Crippen LogP contribution in [0.3, 0.4) is 0 Å². The van der Waals surface area contributed by atoms with Gasteiger partial charge in [0.05, 0.1) is 6.04 Å². The maximum atomic E-state index is 9.61. The van der Waals surface area contributed by atoms with E-state index in [4.69, 9.17) is 0 Å². The number of hydrogen-bond acceptors (Lipinski definition) is 2. The minimum absolute atomic E-state index is 0.327.